The Bertz CT molecular complexity index is 808. The summed E-state index contributed by atoms with van der Waals surface area (Å²) in [6, 6.07) is 8.99. The highest BCUT2D eigenvalue weighted by Gasteiger charge is 2.51. The van der Waals surface area contributed by atoms with Gasteiger partial charge in [0.25, 0.3) is 0 Å². The number of hydrogen-bond acceptors (Lipinski definition) is 3. The number of carbonyl (C=O) groups excluding carboxylic acids is 2. The molecule has 2 heterocycles. The van der Waals surface area contributed by atoms with Crippen LogP contribution in [0.15, 0.2) is 24.3 Å². The number of urea groups is 1. The number of likely N-dealkylation sites (tertiary alicyclic amines) is 1. The summed E-state index contributed by atoms with van der Waals surface area (Å²) in [5.41, 5.74) is 2.48. The molecular formula is C24H34N4O2. The molecule has 0 radical (unpaired) electrons. The van der Waals surface area contributed by atoms with Crippen molar-refractivity contribution in [2.45, 2.75) is 70.0 Å². The summed E-state index contributed by atoms with van der Waals surface area (Å²) in [6.07, 6.45) is 7.57. The average molecular weight is 411 g/mol. The molecule has 0 bridgehead atoms. The number of para-hydroxylation sites is 1. The first kappa shape index (κ1) is 19.7. The van der Waals surface area contributed by atoms with Crippen molar-refractivity contribution in [1.29, 1.82) is 0 Å². The second kappa shape index (κ2) is 8.12. The van der Waals surface area contributed by atoms with Crippen LogP contribution in [0.3, 0.4) is 0 Å². The summed E-state index contributed by atoms with van der Waals surface area (Å²) in [5, 5.41) is 9.73. The predicted octanol–water partition coefficient (Wildman–Crippen LogP) is 3.66. The Morgan fingerprint density at radius 3 is 2.70 bits per heavy atom. The molecule has 3 fully saturated rings. The Hall–Kier alpha value is -2.24. The van der Waals surface area contributed by atoms with Gasteiger partial charge in [0, 0.05) is 36.8 Å². The van der Waals surface area contributed by atoms with E-state index in [-0.39, 0.29) is 29.9 Å². The fourth-order valence-electron chi connectivity index (χ4n) is 6.13. The minimum absolute atomic E-state index is 0.0620. The lowest BCUT2D eigenvalue weighted by atomic mass is 9.80. The Balaban J connectivity index is 1.39. The molecular weight excluding hydrogens is 376 g/mol. The van der Waals surface area contributed by atoms with Gasteiger partial charge in [-0.2, -0.15) is 0 Å². The molecule has 1 aromatic carbocycles. The fraction of sp³-hybridized carbons (Fsp3) is 0.667. The largest absolute Gasteiger partial charge is 0.381 e. The molecule has 3 N–H and O–H groups in total. The van der Waals surface area contributed by atoms with E-state index in [0.717, 1.165) is 44.6 Å². The van der Waals surface area contributed by atoms with Gasteiger partial charge in [-0.25, -0.2) is 4.79 Å². The summed E-state index contributed by atoms with van der Waals surface area (Å²) >= 11 is 0. The van der Waals surface area contributed by atoms with Crippen molar-refractivity contribution in [1.82, 2.24) is 15.5 Å². The van der Waals surface area contributed by atoms with E-state index in [0.29, 0.717) is 18.5 Å². The van der Waals surface area contributed by atoms with Crippen LogP contribution in [0.2, 0.25) is 0 Å². The molecule has 0 aromatic heterocycles. The van der Waals surface area contributed by atoms with Gasteiger partial charge in [0.2, 0.25) is 5.91 Å². The van der Waals surface area contributed by atoms with E-state index in [1.54, 1.807) is 0 Å². The van der Waals surface area contributed by atoms with Crippen molar-refractivity contribution >= 4 is 17.6 Å². The highest BCUT2D eigenvalue weighted by molar-refractivity contribution is 5.82. The van der Waals surface area contributed by atoms with Crippen LogP contribution >= 0.6 is 0 Å². The minimum Gasteiger partial charge on any atom is -0.381 e. The van der Waals surface area contributed by atoms with Gasteiger partial charge in [-0.3, -0.25) is 4.79 Å². The average Bonchev–Trinajstić information content (AvgIpc) is 3.51. The number of benzene rings is 1. The summed E-state index contributed by atoms with van der Waals surface area (Å²) in [5.74, 6) is 1.38. The number of fused-ring (bicyclic) bond motifs is 3. The van der Waals surface area contributed by atoms with Crippen molar-refractivity contribution < 1.29 is 9.59 Å². The third kappa shape index (κ3) is 3.54. The van der Waals surface area contributed by atoms with Crippen LogP contribution in [0.4, 0.5) is 10.5 Å². The number of anilines is 1. The van der Waals surface area contributed by atoms with Crippen LogP contribution in [0.1, 0.15) is 63.5 Å². The summed E-state index contributed by atoms with van der Waals surface area (Å²) in [7, 11) is 0. The van der Waals surface area contributed by atoms with Gasteiger partial charge in [-0.15, -0.1) is 0 Å². The van der Waals surface area contributed by atoms with Gasteiger partial charge in [-0.05, 0) is 56.6 Å². The first-order valence-electron chi connectivity index (χ1n) is 11.9. The van der Waals surface area contributed by atoms with Crippen LogP contribution in [0.25, 0.3) is 0 Å². The lowest BCUT2D eigenvalue weighted by Gasteiger charge is -2.42. The molecule has 6 heteroatoms. The maximum atomic E-state index is 13.8. The quantitative estimate of drug-likeness (QED) is 0.709. The molecule has 5 rings (SSSR count). The summed E-state index contributed by atoms with van der Waals surface area (Å²) in [4.78, 5) is 28.2. The standard InChI is InChI=1S/C24H34N4O2/c1-2-25-24(30)27-20-10-6-4-8-17(20)23(29)28-14-13-18-21(15-11-12-15)26-19-9-5-3-7-16(19)22(18)28/h3,5,7,9,15,17-18,20-22,26H,2,4,6,8,10-14H2,1H3,(H2,25,27,30)/t17-,18+,20+,21-,22-/m0/s1. The van der Waals surface area contributed by atoms with Gasteiger partial charge in [-0.1, -0.05) is 31.0 Å². The maximum Gasteiger partial charge on any atom is 0.315 e. The van der Waals surface area contributed by atoms with Crippen LogP contribution in [0.5, 0.6) is 0 Å². The number of nitrogens with zero attached hydrogens (tertiary/aromatic N) is 1. The van der Waals surface area contributed by atoms with Gasteiger partial charge >= 0.3 is 6.03 Å². The third-order valence-electron chi connectivity index (χ3n) is 7.66. The van der Waals surface area contributed by atoms with E-state index in [2.05, 4.69) is 45.1 Å². The van der Waals surface area contributed by atoms with E-state index >= 15 is 0 Å². The second-order valence-corrected chi connectivity index (χ2v) is 9.53. The van der Waals surface area contributed by atoms with Crippen LogP contribution in [-0.2, 0) is 4.79 Å². The molecule has 1 aromatic rings. The van der Waals surface area contributed by atoms with Gasteiger partial charge in [0.1, 0.15) is 0 Å². The zero-order valence-electron chi connectivity index (χ0n) is 17.9. The molecule has 1 saturated heterocycles. The molecule has 2 saturated carbocycles. The zero-order chi connectivity index (χ0) is 20.7. The third-order valence-corrected chi connectivity index (χ3v) is 7.66. The number of amides is 3. The van der Waals surface area contributed by atoms with Crippen molar-refractivity contribution in [3.63, 3.8) is 0 Å². The second-order valence-electron chi connectivity index (χ2n) is 9.53. The Kier molecular flexibility index (Phi) is 5.34. The normalized spacial score (nSPS) is 32.6. The van der Waals surface area contributed by atoms with Crippen LogP contribution in [0, 0.1) is 17.8 Å². The van der Waals surface area contributed by atoms with Gasteiger partial charge < -0.3 is 20.9 Å². The molecule has 6 nitrogen and oxygen atoms in total. The number of hydrogen-bond donors (Lipinski definition) is 3. The summed E-state index contributed by atoms with van der Waals surface area (Å²) < 4.78 is 0. The molecule has 0 spiro atoms. The predicted molar refractivity (Wildman–Crippen MR) is 117 cm³/mol. The van der Waals surface area contributed by atoms with E-state index in [1.807, 2.05) is 6.92 Å². The van der Waals surface area contributed by atoms with Gasteiger partial charge in [0.15, 0.2) is 0 Å². The number of rotatable bonds is 4. The SMILES string of the molecule is CCNC(=O)N[C@@H]1CCCC[C@@H]1C(=O)N1CC[C@@H]2[C@H](C3CC3)Nc3ccccc3[C@@H]21. The van der Waals surface area contributed by atoms with Crippen LogP contribution < -0.4 is 16.0 Å². The van der Waals surface area contributed by atoms with E-state index in [4.69, 9.17) is 0 Å². The lowest BCUT2D eigenvalue weighted by Crippen LogP contribution is -2.52. The van der Waals surface area contributed by atoms with Crippen LogP contribution in [-0.4, -0.2) is 42.0 Å². The van der Waals surface area contributed by atoms with E-state index in [1.165, 1.54) is 24.1 Å². The smallest absolute Gasteiger partial charge is 0.315 e. The van der Waals surface area contributed by atoms with Crippen molar-refractivity contribution in [3.8, 4) is 0 Å². The molecule has 5 atom stereocenters. The zero-order valence-corrected chi connectivity index (χ0v) is 17.9. The molecule has 2 aliphatic carbocycles. The molecule has 4 aliphatic rings. The lowest BCUT2D eigenvalue weighted by molar-refractivity contribution is -0.138. The summed E-state index contributed by atoms with van der Waals surface area (Å²) in [6.45, 7) is 3.34. The first-order valence-corrected chi connectivity index (χ1v) is 11.9. The van der Waals surface area contributed by atoms with E-state index < -0.39 is 0 Å². The van der Waals surface area contributed by atoms with Crippen molar-refractivity contribution in [3.05, 3.63) is 29.8 Å². The van der Waals surface area contributed by atoms with Crippen molar-refractivity contribution in [2.24, 2.45) is 17.8 Å². The monoisotopic (exact) mass is 410 g/mol. The highest BCUT2D eigenvalue weighted by Crippen LogP contribution is 2.52. The molecule has 162 valence electrons. The Morgan fingerprint density at radius 1 is 1.10 bits per heavy atom. The molecule has 3 amide bonds. The number of nitrogens with one attached hydrogen (secondary N) is 3. The van der Waals surface area contributed by atoms with Crippen molar-refractivity contribution in [2.75, 3.05) is 18.4 Å². The minimum atomic E-state index is -0.150. The molecule has 30 heavy (non-hydrogen) atoms. The first-order chi connectivity index (χ1) is 14.7. The van der Waals surface area contributed by atoms with E-state index in [9.17, 15) is 9.59 Å². The van der Waals surface area contributed by atoms with Gasteiger partial charge in [0.05, 0.1) is 12.0 Å². The Morgan fingerprint density at radius 2 is 1.90 bits per heavy atom. The molecule has 2 aliphatic heterocycles. The number of carbonyl (C=O) groups is 2. The molecule has 0 unspecified atom stereocenters. The maximum absolute atomic E-state index is 13.8. The fourth-order valence-corrected chi connectivity index (χ4v) is 6.13. The highest BCUT2D eigenvalue weighted by atomic mass is 16.2. The Labute approximate surface area is 179 Å². The topological polar surface area (TPSA) is 73.5 Å².